The molecule has 176 valence electrons. The molecule has 0 N–H and O–H groups in total. The number of hydrogen-bond acceptors (Lipinski definition) is 10. The first-order valence-corrected chi connectivity index (χ1v) is 8.28. The third-order valence-electron chi connectivity index (χ3n) is 2.22. The van der Waals surface area contributed by atoms with Gasteiger partial charge >= 0.3 is 0 Å². The lowest BCUT2D eigenvalue weighted by Crippen LogP contribution is -2.22. The van der Waals surface area contributed by atoms with Crippen molar-refractivity contribution in [1.29, 1.82) is 0 Å². The SMILES string of the molecule is C=C(C)C(=O)[O-].C=C(C)C(=O)[O-].C=C(C)C(=O)[O-].C=C(C)C(=O)[O-].O=C1C=CC(=O)C=C1. The summed E-state index contributed by atoms with van der Waals surface area (Å²) in [5.41, 5.74) is 0.259. The van der Waals surface area contributed by atoms with Gasteiger partial charge in [0, 0.05) is 0 Å². The lowest BCUT2D eigenvalue weighted by atomic mass is 10.2. The van der Waals surface area contributed by atoms with Gasteiger partial charge in [-0.1, -0.05) is 26.3 Å². The summed E-state index contributed by atoms with van der Waals surface area (Å²) in [6, 6.07) is 0. The Morgan fingerprint density at radius 1 is 0.500 bits per heavy atom. The van der Waals surface area contributed by atoms with Crippen LogP contribution in [0, 0.1) is 0 Å². The van der Waals surface area contributed by atoms with Crippen molar-refractivity contribution in [3.63, 3.8) is 0 Å². The normalized spacial score (nSPS) is 10.0. The van der Waals surface area contributed by atoms with Crippen molar-refractivity contribution in [2.24, 2.45) is 0 Å². The predicted molar refractivity (Wildman–Crippen MR) is 108 cm³/mol. The molecule has 0 unspecified atom stereocenters. The molecule has 0 aliphatic heterocycles. The van der Waals surface area contributed by atoms with Gasteiger partial charge in [-0.2, -0.15) is 0 Å². The van der Waals surface area contributed by atoms with Crippen LogP contribution in [-0.4, -0.2) is 35.4 Å². The smallest absolute Gasteiger partial charge is 0.178 e. The van der Waals surface area contributed by atoms with Crippen molar-refractivity contribution in [3.8, 4) is 0 Å². The van der Waals surface area contributed by atoms with Crippen LogP contribution in [0.5, 0.6) is 0 Å². The number of ketones is 2. The Morgan fingerprint density at radius 2 is 0.594 bits per heavy atom. The third-order valence-corrected chi connectivity index (χ3v) is 2.22. The molecular weight excluding hydrogens is 424 g/mol. The summed E-state index contributed by atoms with van der Waals surface area (Å²) < 4.78 is 0. The van der Waals surface area contributed by atoms with Crippen molar-refractivity contribution >= 4 is 35.4 Å². The van der Waals surface area contributed by atoms with E-state index < -0.39 is 23.9 Å². The number of rotatable bonds is 4. The minimum Gasteiger partial charge on any atom is -0.545 e. The lowest BCUT2D eigenvalue weighted by molar-refractivity contribution is -0.300. The zero-order chi connectivity index (χ0) is 26.6. The number of carbonyl (C=O) groups excluding carboxylic acids is 6. The molecule has 0 heterocycles. The summed E-state index contributed by atoms with van der Waals surface area (Å²) in [5.74, 6) is -4.98. The fraction of sp³-hybridized carbons (Fsp3) is 0.182. The van der Waals surface area contributed by atoms with Gasteiger partial charge in [0.15, 0.2) is 11.6 Å². The Morgan fingerprint density at radius 3 is 0.656 bits per heavy atom. The molecule has 0 aromatic rings. The Labute approximate surface area is 185 Å². The van der Waals surface area contributed by atoms with Gasteiger partial charge in [0.2, 0.25) is 0 Å². The number of carboxylic acids is 4. The Bertz CT molecular complexity index is 657. The van der Waals surface area contributed by atoms with Crippen LogP contribution in [0.1, 0.15) is 27.7 Å². The summed E-state index contributed by atoms with van der Waals surface area (Å²) >= 11 is 0. The summed E-state index contributed by atoms with van der Waals surface area (Å²) in [6.07, 6.45) is 5.01. The zero-order valence-corrected chi connectivity index (χ0v) is 18.2. The molecule has 1 rings (SSSR count). The number of carboxylic acid groups (broad SMARTS) is 4. The maximum absolute atomic E-state index is 10.3. The van der Waals surface area contributed by atoms with Crippen LogP contribution >= 0.6 is 0 Å². The van der Waals surface area contributed by atoms with Gasteiger partial charge in [0.05, 0.1) is 23.9 Å². The number of aliphatic carboxylic acids is 4. The van der Waals surface area contributed by atoms with E-state index in [0.717, 1.165) is 0 Å². The second-order valence-corrected chi connectivity index (χ2v) is 5.74. The molecule has 0 fully saturated rings. The van der Waals surface area contributed by atoms with Crippen molar-refractivity contribution < 1.29 is 49.2 Å². The standard InChI is InChI=1S/C6H4O2.4C4H6O2/c7-5-1-2-6(8)4-3-5;4*1-3(2)4(5)6/h1-4H;4*1H2,2H3,(H,5,6)/p-4. The van der Waals surface area contributed by atoms with Crippen molar-refractivity contribution in [3.05, 3.63) is 72.9 Å². The van der Waals surface area contributed by atoms with E-state index in [1.54, 1.807) is 0 Å². The molecule has 1 aliphatic carbocycles. The average molecular weight is 448 g/mol. The van der Waals surface area contributed by atoms with Crippen molar-refractivity contribution in [1.82, 2.24) is 0 Å². The monoisotopic (exact) mass is 448 g/mol. The summed E-state index contributed by atoms with van der Waals surface area (Å²) in [6.45, 7) is 17.9. The van der Waals surface area contributed by atoms with Crippen LogP contribution in [0.2, 0.25) is 0 Å². The molecule has 10 heteroatoms. The largest absolute Gasteiger partial charge is 0.545 e. The van der Waals surface area contributed by atoms with Crippen LogP contribution < -0.4 is 20.4 Å². The second kappa shape index (κ2) is 20.0. The van der Waals surface area contributed by atoms with E-state index in [1.807, 2.05) is 0 Å². The van der Waals surface area contributed by atoms with Crippen LogP contribution in [0.15, 0.2) is 72.9 Å². The van der Waals surface area contributed by atoms with Crippen LogP contribution in [-0.2, 0) is 28.8 Å². The van der Waals surface area contributed by atoms with E-state index in [4.69, 9.17) is 0 Å². The summed E-state index contributed by atoms with van der Waals surface area (Å²) in [4.78, 5) is 58.5. The van der Waals surface area contributed by atoms with E-state index >= 15 is 0 Å². The highest BCUT2D eigenvalue weighted by atomic mass is 16.4. The zero-order valence-electron chi connectivity index (χ0n) is 18.2. The molecule has 1 aliphatic rings. The maximum Gasteiger partial charge on any atom is 0.178 e. The lowest BCUT2D eigenvalue weighted by Gasteiger charge is -1.93. The molecular formula is C22H24O10-4. The highest BCUT2D eigenvalue weighted by molar-refractivity contribution is 6.14. The first-order valence-electron chi connectivity index (χ1n) is 8.28. The van der Waals surface area contributed by atoms with Crippen molar-refractivity contribution in [2.45, 2.75) is 27.7 Å². The van der Waals surface area contributed by atoms with Gasteiger partial charge < -0.3 is 39.6 Å². The van der Waals surface area contributed by atoms with E-state index in [0.29, 0.717) is 0 Å². The van der Waals surface area contributed by atoms with E-state index in [-0.39, 0.29) is 33.9 Å². The molecule has 0 saturated heterocycles. The van der Waals surface area contributed by atoms with Crippen molar-refractivity contribution in [2.75, 3.05) is 0 Å². The Balaban J connectivity index is -0.000000154. The fourth-order valence-electron chi connectivity index (χ4n) is 0.440. The van der Waals surface area contributed by atoms with E-state index in [9.17, 15) is 49.2 Å². The topological polar surface area (TPSA) is 195 Å². The first kappa shape index (κ1) is 35.1. The molecule has 0 saturated carbocycles. The molecule has 0 aromatic carbocycles. The number of allylic oxidation sites excluding steroid dienone is 4. The molecule has 10 nitrogen and oxygen atoms in total. The van der Waals surface area contributed by atoms with Gasteiger partial charge in [-0.3, -0.25) is 9.59 Å². The molecule has 0 radical (unpaired) electrons. The summed E-state index contributed by atoms with van der Waals surface area (Å²) in [7, 11) is 0. The van der Waals surface area contributed by atoms with Crippen LogP contribution in [0.4, 0.5) is 0 Å². The van der Waals surface area contributed by atoms with Gasteiger partial charge in [0.25, 0.3) is 0 Å². The fourth-order valence-corrected chi connectivity index (χ4v) is 0.440. The minimum atomic E-state index is -1.19. The molecule has 32 heavy (non-hydrogen) atoms. The van der Waals surface area contributed by atoms with Gasteiger partial charge in [-0.15, -0.1) is 0 Å². The van der Waals surface area contributed by atoms with Crippen LogP contribution in [0.25, 0.3) is 0 Å². The molecule has 0 amide bonds. The number of carbonyl (C=O) groups is 6. The molecule has 0 atom stereocenters. The van der Waals surface area contributed by atoms with Gasteiger partial charge in [-0.25, -0.2) is 0 Å². The molecule has 0 aromatic heterocycles. The van der Waals surface area contributed by atoms with E-state index in [2.05, 4.69) is 26.3 Å². The van der Waals surface area contributed by atoms with E-state index in [1.165, 1.54) is 52.0 Å². The second-order valence-electron chi connectivity index (χ2n) is 5.74. The molecule has 0 bridgehead atoms. The maximum atomic E-state index is 10.3. The highest BCUT2D eigenvalue weighted by Gasteiger charge is 1.97. The Kier molecular flexibility index (Phi) is 21.9. The predicted octanol–water partition coefficient (Wildman–Crippen LogP) is -2.50. The van der Waals surface area contributed by atoms with Gasteiger partial charge in [-0.05, 0) is 74.3 Å². The van der Waals surface area contributed by atoms with Gasteiger partial charge in [0.1, 0.15) is 0 Å². The highest BCUT2D eigenvalue weighted by Crippen LogP contribution is 1.90. The molecule has 0 spiro atoms. The average Bonchev–Trinajstić information content (AvgIpc) is 2.65. The van der Waals surface area contributed by atoms with Crippen LogP contribution in [0.3, 0.4) is 0 Å². The third kappa shape index (κ3) is 33.3. The summed E-state index contributed by atoms with van der Waals surface area (Å²) in [5, 5.41) is 38.0. The minimum absolute atomic E-state index is 0.0648. The number of hydrogen-bond donors (Lipinski definition) is 0. The first-order chi connectivity index (χ1) is 14.4. The quantitative estimate of drug-likeness (QED) is 0.327. The Hall–Kier alpha value is -4.34.